The van der Waals surface area contributed by atoms with Gasteiger partial charge in [-0.2, -0.15) is 5.10 Å². The largest absolute Gasteiger partial charge is 0.480 e. The van der Waals surface area contributed by atoms with Gasteiger partial charge < -0.3 is 10.0 Å². The van der Waals surface area contributed by atoms with Crippen molar-refractivity contribution in [2.75, 3.05) is 6.54 Å². The second-order valence-corrected chi connectivity index (χ2v) is 6.04. The minimum atomic E-state index is -0.925. The molecule has 1 fully saturated rings. The summed E-state index contributed by atoms with van der Waals surface area (Å²) < 4.78 is 1.83. The summed E-state index contributed by atoms with van der Waals surface area (Å²) in [5.74, 6) is -0.568. The first-order valence-electron chi connectivity index (χ1n) is 7.48. The molecule has 0 spiro atoms. The second-order valence-electron chi connectivity index (χ2n) is 6.04. The highest BCUT2D eigenvalue weighted by Gasteiger charge is 2.35. The van der Waals surface area contributed by atoms with E-state index in [9.17, 15) is 14.7 Å². The Morgan fingerprint density at radius 3 is 2.81 bits per heavy atom. The average Bonchev–Trinajstić information content (AvgIpc) is 3.02. The van der Waals surface area contributed by atoms with Crippen molar-refractivity contribution in [2.45, 2.75) is 52.6 Å². The maximum atomic E-state index is 12.5. The molecule has 0 radical (unpaired) electrons. The third-order valence-electron chi connectivity index (χ3n) is 4.05. The summed E-state index contributed by atoms with van der Waals surface area (Å²) in [5.41, 5.74) is 1.34. The van der Waals surface area contributed by atoms with Crippen LogP contribution in [0.25, 0.3) is 0 Å². The van der Waals surface area contributed by atoms with Gasteiger partial charge in [-0.1, -0.05) is 13.8 Å². The van der Waals surface area contributed by atoms with Gasteiger partial charge in [0, 0.05) is 18.8 Å². The van der Waals surface area contributed by atoms with E-state index >= 15 is 0 Å². The van der Waals surface area contributed by atoms with Crippen LogP contribution in [-0.4, -0.2) is 44.3 Å². The van der Waals surface area contributed by atoms with E-state index in [0.717, 1.165) is 25.1 Å². The Morgan fingerprint density at radius 2 is 2.19 bits per heavy atom. The lowest BCUT2D eigenvalue weighted by Gasteiger charge is -2.21. The molecule has 1 N–H and O–H groups in total. The molecule has 6 heteroatoms. The van der Waals surface area contributed by atoms with Crippen molar-refractivity contribution in [3.63, 3.8) is 0 Å². The van der Waals surface area contributed by atoms with Crippen molar-refractivity contribution in [2.24, 2.45) is 5.92 Å². The molecule has 1 aliphatic heterocycles. The number of carbonyl (C=O) groups excluding carboxylic acids is 1. The molecule has 0 aliphatic carbocycles. The van der Waals surface area contributed by atoms with Gasteiger partial charge >= 0.3 is 5.97 Å². The number of rotatable bonds is 5. The molecule has 2 rings (SSSR count). The number of aryl methyl sites for hydroxylation is 1. The van der Waals surface area contributed by atoms with Crippen LogP contribution in [0.5, 0.6) is 0 Å². The Hall–Kier alpha value is -1.85. The fraction of sp³-hybridized carbons (Fsp3) is 0.667. The number of likely N-dealkylation sites (tertiary alicyclic amines) is 1. The molecule has 1 atom stereocenters. The Balaban J connectivity index is 2.14. The minimum absolute atomic E-state index is 0.215. The molecule has 6 nitrogen and oxygen atoms in total. The predicted molar refractivity (Wildman–Crippen MR) is 78.1 cm³/mol. The molecule has 1 aromatic heterocycles. The van der Waals surface area contributed by atoms with Gasteiger partial charge in [0.05, 0.1) is 11.8 Å². The normalized spacial score (nSPS) is 18.5. The number of carbonyl (C=O) groups is 2. The van der Waals surface area contributed by atoms with E-state index in [0.29, 0.717) is 24.4 Å². The number of amides is 1. The fourth-order valence-electron chi connectivity index (χ4n) is 2.68. The Morgan fingerprint density at radius 1 is 1.48 bits per heavy atom. The van der Waals surface area contributed by atoms with Gasteiger partial charge in [-0.3, -0.25) is 9.48 Å². The van der Waals surface area contributed by atoms with Crippen molar-refractivity contribution < 1.29 is 14.7 Å². The Bertz CT molecular complexity index is 536. The highest BCUT2D eigenvalue weighted by atomic mass is 16.4. The molecule has 1 unspecified atom stereocenters. The van der Waals surface area contributed by atoms with Crippen molar-refractivity contribution >= 4 is 11.9 Å². The number of carboxylic acid groups (broad SMARTS) is 1. The van der Waals surface area contributed by atoms with Crippen molar-refractivity contribution in [3.05, 3.63) is 17.5 Å². The van der Waals surface area contributed by atoms with E-state index in [1.165, 1.54) is 4.90 Å². The van der Waals surface area contributed by atoms with Crippen LogP contribution >= 0.6 is 0 Å². The number of carboxylic acids is 1. The monoisotopic (exact) mass is 293 g/mol. The molecule has 21 heavy (non-hydrogen) atoms. The van der Waals surface area contributed by atoms with Crippen LogP contribution < -0.4 is 0 Å². The summed E-state index contributed by atoms with van der Waals surface area (Å²) in [4.78, 5) is 25.2. The maximum Gasteiger partial charge on any atom is 0.326 e. The van der Waals surface area contributed by atoms with Gasteiger partial charge in [0.25, 0.3) is 5.91 Å². The van der Waals surface area contributed by atoms with Crippen LogP contribution in [0.3, 0.4) is 0 Å². The van der Waals surface area contributed by atoms with Gasteiger partial charge in [0.15, 0.2) is 0 Å². The van der Waals surface area contributed by atoms with Gasteiger partial charge in [0.2, 0.25) is 0 Å². The first-order valence-corrected chi connectivity index (χ1v) is 7.48. The molecule has 0 aromatic carbocycles. The quantitative estimate of drug-likeness (QED) is 0.900. The second kappa shape index (κ2) is 6.28. The third-order valence-corrected chi connectivity index (χ3v) is 4.05. The Labute approximate surface area is 124 Å². The van der Waals surface area contributed by atoms with Crippen molar-refractivity contribution in [1.29, 1.82) is 0 Å². The molecule has 0 saturated carbocycles. The summed E-state index contributed by atoms with van der Waals surface area (Å²) in [6.45, 7) is 7.44. The molecule has 1 aromatic rings. The summed E-state index contributed by atoms with van der Waals surface area (Å²) >= 11 is 0. The van der Waals surface area contributed by atoms with E-state index in [1.807, 2.05) is 11.6 Å². The lowest BCUT2D eigenvalue weighted by atomic mass is 10.1. The zero-order chi connectivity index (χ0) is 15.6. The summed E-state index contributed by atoms with van der Waals surface area (Å²) in [6, 6.07) is -0.698. The topological polar surface area (TPSA) is 75.4 Å². The van der Waals surface area contributed by atoms with Crippen LogP contribution in [0.4, 0.5) is 0 Å². The molecule has 116 valence electrons. The lowest BCUT2D eigenvalue weighted by Crippen LogP contribution is -2.40. The van der Waals surface area contributed by atoms with Gasteiger partial charge in [-0.15, -0.1) is 0 Å². The van der Waals surface area contributed by atoms with Gasteiger partial charge in [-0.25, -0.2) is 4.79 Å². The number of hydrogen-bond donors (Lipinski definition) is 1. The Kier molecular flexibility index (Phi) is 4.65. The maximum absolute atomic E-state index is 12.5. The zero-order valence-electron chi connectivity index (χ0n) is 12.9. The fourth-order valence-corrected chi connectivity index (χ4v) is 2.68. The van der Waals surface area contributed by atoms with E-state index in [1.54, 1.807) is 6.20 Å². The highest BCUT2D eigenvalue weighted by Crippen LogP contribution is 2.22. The van der Waals surface area contributed by atoms with Crippen molar-refractivity contribution in [1.82, 2.24) is 14.7 Å². The van der Waals surface area contributed by atoms with Crippen LogP contribution in [0.2, 0.25) is 0 Å². The SMILES string of the molecule is Cc1c(C(=O)N2CCCC2C(=O)O)cnn1CCC(C)C. The van der Waals surface area contributed by atoms with Crippen LogP contribution in [0, 0.1) is 12.8 Å². The van der Waals surface area contributed by atoms with Crippen molar-refractivity contribution in [3.8, 4) is 0 Å². The average molecular weight is 293 g/mol. The molecule has 1 aliphatic rings. The lowest BCUT2D eigenvalue weighted by molar-refractivity contribution is -0.141. The zero-order valence-corrected chi connectivity index (χ0v) is 12.9. The predicted octanol–water partition coefficient (Wildman–Crippen LogP) is 1.93. The van der Waals surface area contributed by atoms with Gasteiger partial charge in [-0.05, 0) is 32.1 Å². The number of aromatic nitrogens is 2. The standard InChI is InChI=1S/C15H23N3O3/c1-10(2)6-8-18-11(3)12(9-16-18)14(19)17-7-4-5-13(17)15(20)21/h9-10,13H,4-8H2,1-3H3,(H,20,21). The van der Waals surface area contributed by atoms with E-state index in [2.05, 4.69) is 18.9 Å². The van der Waals surface area contributed by atoms with Crippen LogP contribution in [-0.2, 0) is 11.3 Å². The highest BCUT2D eigenvalue weighted by molar-refractivity contribution is 5.97. The first kappa shape index (κ1) is 15.5. The minimum Gasteiger partial charge on any atom is -0.480 e. The third kappa shape index (κ3) is 3.25. The molecular weight excluding hydrogens is 270 g/mol. The number of aliphatic carboxylic acids is 1. The molecule has 1 amide bonds. The summed E-state index contributed by atoms with van der Waals surface area (Å²) in [6.07, 6.45) is 3.83. The molecular formula is C15H23N3O3. The van der Waals surface area contributed by atoms with Crippen LogP contribution in [0.1, 0.15) is 49.2 Å². The van der Waals surface area contributed by atoms with E-state index in [-0.39, 0.29) is 5.91 Å². The first-order chi connectivity index (χ1) is 9.91. The van der Waals surface area contributed by atoms with Crippen LogP contribution in [0.15, 0.2) is 6.20 Å². The summed E-state index contributed by atoms with van der Waals surface area (Å²) in [7, 11) is 0. The molecule has 2 heterocycles. The molecule has 1 saturated heterocycles. The smallest absolute Gasteiger partial charge is 0.326 e. The number of nitrogens with zero attached hydrogens (tertiary/aromatic N) is 3. The number of hydrogen-bond acceptors (Lipinski definition) is 3. The molecule has 0 bridgehead atoms. The van der Waals surface area contributed by atoms with E-state index < -0.39 is 12.0 Å². The summed E-state index contributed by atoms with van der Waals surface area (Å²) in [5, 5.41) is 13.5. The van der Waals surface area contributed by atoms with E-state index in [4.69, 9.17) is 0 Å². The van der Waals surface area contributed by atoms with Gasteiger partial charge in [0.1, 0.15) is 6.04 Å².